The zero-order valence-corrected chi connectivity index (χ0v) is 15.1. The van der Waals surface area contributed by atoms with E-state index in [0.717, 1.165) is 22.8 Å². The molecule has 0 aliphatic carbocycles. The van der Waals surface area contributed by atoms with E-state index < -0.39 is 0 Å². The second-order valence-electron chi connectivity index (χ2n) is 5.08. The number of amides is 1. The third-order valence-corrected chi connectivity index (χ3v) is 4.87. The molecule has 1 atom stereocenters. The van der Waals surface area contributed by atoms with Gasteiger partial charge in [0, 0.05) is 15.6 Å². The van der Waals surface area contributed by atoms with Crippen LogP contribution < -0.4 is 10.1 Å². The van der Waals surface area contributed by atoms with E-state index in [2.05, 4.69) is 11.9 Å². The van der Waals surface area contributed by atoms with Gasteiger partial charge in [0.2, 0.25) is 5.91 Å². The molecular formula is C19H20ClNO2S. The molecule has 2 aromatic carbocycles. The molecule has 2 aromatic rings. The highest BCUT2D eigenvalue weighted by Gasteiger charge is 2.18. The molecule has 5 heteroatoms. The number of thioether (sulfide) groups is 1. The number of rotatable bonds is 8. The number of benzene rings is 2. The Morgan fingerprint density at radius 2 is 1.92 bits per heavy atom. The fourth-order valence-corrected chi connectivity index (χ4v) is 3.09. The van der Waals surface area contributed by atoms with Gasteiger partial charge >= 0.3 is 0 Å². The molecule has 0 saturated heterocycles. The van der Waals surface area contributed by atoms with Crippen LogP contribution in [-0.2, 0) is 4.79 Å². The Balaban J connectivity index is 1.95. The first kappa shape index (κ1) is 18.4. The average molecular weight is 362 g/mol. The minimum absolute atomic E-state index is 0.0165. The lowest BCUT2D eigenvalue weighted by molar-refractivity contribution is -0.115. The first-order valence-electron chi connectivity index (χ1n) is 7.69. The average Bonchev–Trinajstić information content (AvgIpc) is 2.60. The summed E-state index contributed by atoms with van der Waals surface area (Å²) in [6.07, 6.45) is 2.43. The van der Waals surface area contributed by atoms with Crippen molar-refractivity contribution in [2.45, 2.75) is 23.5 Å². The van der Waals surface area contributed by atoms with Crippen molar-refractivity contribution in [1.29, 1.82) is 0 Å². The first-order chi connectivity index (χ1) is 11.6. The largest absolute Gasteiger partial charge is 0.490 e. The Bertz CT molecular complexity index is 671. The van der Waals surface area contributed by atoms with E-state index in [1.165, 1.54) is 11.8 Å². The highest BCUT2D eigenvalue weighted by atomic mass is 35.5. The maximum absolute atomic E-state index is 12.5. The van der Waals surface area contributed by atoms with Crippen molar-refractivity contribution >= 4 is 35.0 Å². The van der Waals surface area contributed by atoms with Gasteiger partial charge in [-0.15, -0.1) is 11.8 Å². The molecule has 0 fully saturated rings. The van der Waals surface area contributed by atoms with Crippen molar-refractivity contribution in [3.05, 3.63) is 66.2 Å². The van der Waals surface area contributed by atoms with Crippen molar-refractivity contribution in [3.8, 4) is 5.75 Å². The second kappa shape index (κ2) is 9.40. The van der Waals surface area contributed by atoms with E-state index in [1.54, 1.807) is 6.08 Å². The molecule has 0 bridgehead atoms. The number of halogens is 1. The molecule has 0 aliphatic heterocycles. The number of hydrogen-bond donors (Lipinski definition) is 1. The maximum atomic E-state index is 12.5. The van der Waals surface area contributed by atoms with Gasteiger partial charge in [0.1, 0.15) is 12.4 Å². The van der Waals surface area contributed by atoms with Gasteiger partial charge in [-0.25, -0.2) is 0 Å². The lowest BCUT2D eigenvalue weighted by atomic mass is 10.2. The third kappa shape index (κ3) is 5.62. The van der Waals surface area contributed by atoms with Gasteiger partial charge in [0.25, 0.3) is 0 Å². The Kier molecular flexibility index (Phi) is 7.22. The fraction of sp³-hybridized carbons (Fsp3) is 0.211. The summed E-state index contributed by atoms with van der Waals surface area (Å²) in [5, 5.41) is 3.47. The standard InChI is InChI=1S/C19H20ClNO2S/c1-3-13-23-16-9-7-15(8-10-16)21-19(22)18(4-2)24-17-11-5-14(20)6-12-17/h3,5-12,18H,1,4,13H2,2H3,(H,21,22). The summed E-state index contributed by atoms with van der Waals surface area (Å²) >= 11 is 7.42. The van der Waals surface area contributed by atoms with Crippen LogP contribution in [0.2, 0.25) is 5.02 Å². The predicted molar refractivity (Wildman–Crippen MR) is 102 cm³/mol. The second-order valence-corrected chi connectivity index (χ2v) is 6.79. The van der Waals surface area contributed by atoms with E-state index >= 15 is 0 Å². The molecule has 0 heterocycles. The highest BCUT2D eigenvalue weighted by Crippen LogP contribution is 2.27. The normalized spacial score (nSPS) is 11.6. The molecule has 0 radical (unpaired) electrons. The molecule has 0 aliphatic rings. The molecule has 1 unspecified atom stereocenters. The number of carbonyl (C=O) groups is 1. The van der Waals surface area contributed by atoms with Gasteiger partial charge in [-0.2, -0.15) is 0 Å². The Morgan fingerprint density at radius 3 is 2.50 bits per heavy atom. The van der Waals surface area contributed by atoms with Crippen molar-refractivity contribution in [2.24, 2.45) is 0 Å². The molecule has 0 aromatic heterocycles. The van der Waals surface area contributed by atoms with Gasteiger partial charge in [-0.1, -0.05) is 31.2 Å². The van der Waals surface area contributed by atoms with Gasteiger partial charge in [0.15, 0.2) is 0 Å². The molecular weight excluding hydrogens is 342 g/mol. The van der Waals surface area contributed by atoms with Crippen molar-refractivity contribution < 1.29 is 9.53 Å². The van der Waals surface area contributed by atoms with Gasteiger partial charge in [-0.05, 0) is 55.0 Å². The van der Waals surface area contributed by atoms with Gasteiger partial charge in [0.05, 0.1) is 5.25 Å². The Labute approximate surface area is 152 Å². The van der Waals surface area contributed by atoms with Crippen LogP contribution in [0.15, 0.2) is 66.1 Å². The number of hydrogen-bond acceptors (Lipinski definition) is 3. The summed E-state index contributed by atoms with van der Waals surface area (Å²) in [6.45, 7) is 6.07. The third-order valence-electron chi connectivity index (χ3n) is 3.24. The van der Waals surface area contributed by atoms with Crippen LogP contribution >= 0.6 is 23.4 Å². The molecule has 24 heavy (non-hydrogen) atoms. The fourth-order valence-electron chi connectivity index (χ4n) is 2.01. The summed E-state index contributed by atoms with van der Waals surface area (Å²) < 4.78 is 5.43. The molecule has 0 spiro atoms. The minimum atomic E-state index is -0.164. The monoisotopic (exact) mass is 361 g/mol. The molecule has 1 amide bonds. The molecule has 0 saturated carbocycles. The van der Waals surface area contributed by atoms with E-state index in [1.807, 2.05) is 55.5 Å². The number of anilines is 1. The number of carbonyl (C=O) groups excluding carboxylic acids is 1. The van der Waals surface area contributed by atoms with E-state index in [-0.39, 0.29) is 11.2 Å². The smallest absolute Gasteiger partial charge is 0.237 e. The molecule has 2 rings (SSSR count). The van der Waals surface area contributed by atoms with Crippen LogP contribution in [0.3, 0.4) is 0 Å². The van der Waals surface area contributed by atoms with Gasteiger partial charge < -0.3 is 10.1 Å². The Morgan fingerprint density at radius 1 is 1.25 bits per heavy atom. The molecule has 1 N–H and O–H groups in total. The van der Waals surface area contributed by atoms with Crippen LogP contribution in [0.4, 0.5) is 5.69 Å². The topological polar surface area (TPSA) is 38.3 Å². The van der Waals surface area contributed by atoms with Crippen molar-refractivity contribution in [2.75, 3.05) is 11.9 Å². The van der Waals surface area contributed by atoms with E-state index in [4.69, 9.17) is 16.3 Å². The number of ether oxygens (including phenoxy) is 1. The summed E-state index contributed by atoms with van der Waals surface area (Å²) in [5.41, 5.74) is 0.751. The van der Waals surface area contributed by atoms with Crippen LogP contribution in [0.1, 0.15) is 13.3 Å². The van der Waals surface area contributed by atoms with Gasteiger partial charge in [-0.3, -0.25) is 4.79 Å². The summed E-state index contributed by atoms with van der Waals surface area (Å²) in [7, 11) is 0. The molecule has 126 valence electrons. The Hall–Kier alpha value is -1.91. The predicted octanol–water partition coefficient (Wildman–Crippen LogP) is 5.41. The van der Waals surface area contributed by atoms with Crippen molar-refractivity contribution in [1.82, 2.24) is 0 Å². The SMILES string of the molecule is C=CCOc1ccc(NC(=O)C(CC)Sc2ccc(Cl)cc2)cc1. The lowest BCUT2D eigenvalue weighted by Crippen LogP contribution is -2.24. The quantitative estimate of drug-likeness (QED) is 0.504. The molecule has 3 nitrogen and oxygen atoms in total. The van der Waals surface area contributed by atoms with E-state index in [9.17, 15) is 4.79 Å². The number of nitrogens with one attached hydrogen (secondary N) is 1. The zero-order chi connectivity index (χ0) is 17.4. The van der Waals surface area contributed by atoms with Crippen molar-refractivity contribution in [3.63, 3.8) is 0 Å². The lowest BCUT2D eigenvalue weighted by Gasteiger charge is -2.15. The summed E-state index contributed by atoms with van der Waals surface area (Å²) in [5.74, 6) is 0.729. The zero-order valence-electron chi connectivity index (χ0n) is 13.5. The van der Waals surface area contributed by atoms with Crippen LogP contribution in [0.25, 0.3) is 0 Å². The highest BCUT2D eigenvalue weighted by molar-refractivity contribution is 8.00. The van der Waals surface area contributed by atoms with Crippen LogP contribution in [0, 0.1) is 0 Å². The first-order valence-corrected chi connectivity index (χ1v) is 8.95. The van der Waals surface area contributed by atoms with Crippen LogP contribution in [0.5, 0.6) is 5.75 Å². The van der Waals surface area contributed by atoms with Crippen LogP contribution in [-0.4, -0.2) is 17.8 Å². The summed E-state index contributed by atoms with van der Waals surface area (Å²) in [4.78, 5) is 13.5. The van der Waals surface area contributed by atoms with E-state index in [0.29, 0.717) is 11.6 Å². The maximum Gasteiger partial charge on any atom is 0.237 e. The minimum Gasteiger partial charge on any atom is -0.490 e. The summed E-state index contributed by atoms with van der Waals surface area (Å²) in [6, 6.07) is 14.8.